The van der Waals surface area contributed by atoms with E-state index in [0.717, 1.165) is 17.7 Å². The molecule has 0 unspecified atom stereocenters. The van der Waals surface area contributed by atoms with Gasteiger partial charge in [0.15, 0.2) is 0 Å². The van der Waals surface area contributed by atoms with Gasteiger partial charge in [0.2, 0.25) is 0 Å². The number of rotatable bonds is 4. The number of carbonyl (C=O) groups is 1. The molecule has 0 atom stereocenters. The van der Waals surface area contributed by atoms with E-state index in [1.54, 1.807) is 12.1 Å². The maximum Gasteiger partial charge on any atom is 0.416 e. The highest BCUT2D eigenvalue weighted by Gasteiger charge is 2.30. The highest BCUT2D eigenvalue weighted by atomic mass is 19.4. The van der Waals surface area contributed by atoms with Crippen molar-refractivity contribution < 1.29 is 18.0 Å². The third kappa shape index (κ3) is 4.63. The molecule has 2 N–H and O–H groups in total. The van der Waals surface area contributed by atoms with Crippen LogP contribution in [0.25, 0.3) is 0 Å². The third-order valence-corrected chi connectivity index (χ3v) is 3.87. The minimum atomic E-state index is -4.41. The van der Waals surface area contributed by atoms with E-state index in [1.807, 2.05) is 25.1 Å². The maximum atomic E-state index is 12.8. The van der Waals surface area contributed by atoms with Crippen LogP contribution in [0.2, 0.25) is 0 Å². The van der Waals surface area contributed by atoms with Crippen LogP contribution in [0.3, 0.4) is 0 Å². The average molecular weight is 371 g/mol. The van der Waals surface area contributed by atoms with Crippen LogP contribution in [0.4, 0.5) is 30.2 Å². The van der Waals surface area contributed by atoms with Crippen molar-refractivity contribution in [2.45, 2.75) is 13.1 Å². The molecule has 4 nitrogen and oxygen atoms in total. The molecule has 0 aliphatic rings. The van der Waals surface area contributed by atoms with Crippen molar-refractivity contribution in [2.24, 2.45) is 0 Å². The van der Waals surface area contributed by atoms with Crippen molar-refractivity contribution in [3.05, 3.63) is 83.7 Å². The van der Waals surface area contributed by atoms with Gasteiger partial charge in [0.05, 0.1) is 17.4 Å². The van der Waals surface area contributed by atoms with E-state index >= 15 is 0 Å². The largest absolute Gasteiger partial charge is 0.416 e. The molecule has 0 radical (unpaired) electrons. The highest BCUT2D eigenvalue weighted by molar-refractivity contribution is 6.03. The van der Waals surface area contributed by atoms with E-state index in [2.05, 4.69) is 15.6 Å². The summed E-state index contributed by atoms with van der Waals surface area (Å²) in [5.74, 6) is -0.366. The molecule has 0 aliphatic heterocycles. The van der Waals surface area contributed by atoms with Crippen LogP contribution in [0.15, 0.2) is 66.9 Å². The lowest BCUT2D eigenvalue weighted by Gasteiger charge is -2.11. The van der Waals surface area contributed by atoms with Crippen LogP contribution < -0.4 is 10.6 Å². The van der Waals surface area contributed by atoms with Gasteiger partial charge in [-0.3, -0.25) is 4.79 Å². The lowest BCUT2D eigenvalue weighted by atomic mass is 10.2. The molecule has 0 saturated carbocycles. The molecule has 3 rings (SSSR count). The molecule has 138 valence electrons. The molecular formula is C20H16F3N3O. The van der Waals surface area contributed by atoms with E-state index in [4.69, 9.17) is 0 Å². The van der Waals surface area contributed by atoms with Gasteiger partial charge in [-0.1, -0.05) is 24.3 Å². The number of aromatic nitrogens is 1. The van der Waals surface area contributed by atoms with Gasteiger partial charge in [0.1, 0.15) is 5.69 Å². The molecule has 0 aliphatic carbocycles. The van der Waals surface area contributed by atoms with E-state index < -0.39 is 11.7 Å². The van der Waals surface area contributed by atoms with Crippen molar-refractivity contribution in [2.75, 3.05) is 10.6 Å². The Morgan fingerprint density at radius 1 is 0.963 bits per heavy atom. The Morgan fingerprint density at radius 3 is 2.41 bits per heavy atom. The fourth-order valence-electron chi connectivity index (χ4n) is 2.44. The van der Waals surface area contributed by atoms with Crippen molar-refractivity contribution >= 4 is 23.0 Å². The molecule has 3 aromatic rings. The van der Waals surface area contributed by atoms with E-state index in [9.17, 15) is 18.0 Å². The predicted molar refractivity (Wildman–Crippen MR) is 98.1 cm³/mol. The van der Waals surface area contributed by atoms with Gasteiger partial charge in [-0.2, -0.15) is 13.2 Å². The van der Waals surface area contributed by atoms with Crippen molar-refractivity contribution in [1.82, 2.24) is 4.98 Å². The molecule has 1 amide bonds. The zero-order chi connectivity index (χ0) is 19.4. The second-order valence-electron chi connectivity index (χ2n) is 5.90. The number of carbonyl (C=O) groups excluding carboxylic acids is 1. The van der Waals surface area contributed by atoms with Gasteiger partial charge < -0.3 is 10.6 Å². The smallest absolute Gasteiger partial charge is 0.354 e. The second kappa shape index (κ2) is 7.49. The van der Waals surface area contributed by atoms with Gasteiger partial charge in [0, 0.05) is 11.4 Å². The van der Waals surface area contributed by atoms with Crippen molar-refractivity contribution in [3.8, 4) is 0 Å². The topological polar surface area (TPSA) is 54.0 Å². The fraction of sp³-hybridized carbons (Fsp3) is 0.100. The predicted octanol–water partition coefficient (Wildman–Crippen LogP) is 5.40. The first-order chi connectivity index (χ1) is 12.8. The van der Waals surface area contributed by atoms with Crippen LogP contribution in [-0.2, 0) is 6.18 Å². The molecular weight excluding hydrogens is 355 g/mol. The number of hydrogen-bond acceptors (Lipinski definition) is 3. The summed E-state index contributed by atoms with van der Waals surface area (Å²) in [5, 5.41) is 5.62. The molecule has 27 heavy (non-hydrogen) atoms. The summed E-state index contributed by atoms with van der Waals surface area (Å²) in [6.45, 7) is 1.88. The number of benzene rings is 2. The molecule has 1 heterocycles. The lowest BCUT2D eigenvalue weighted by Crippen LogP contribution is -2.14. The average Bonchev–Trinajstić information content (AvgIpc) is 2.64. The van der Waals surface area contributed by atoms with E-state index in [-0.39, 0.29) is 17.3 Å². The summed E-state index contributed by atoms with van der Waals surface area (Å²) < 4.78 is 38.3. The molecule has 1 aromatic heterocycles. The fourth-order valence-corrected chi connectivity index (χ4v) is 2.44. The number of para-hydroxylation sites is 1. The Kier molecular flexibility index (Phi) is 5.12. The summed E-state index contributed by atoms with van der Waals surface area (Å²) in [5.41, 5.74) is 1.83. The molecule has 2 aromatic carbocycles. The number of nitrogens with one attached hydrogen (secondary N) is 2. The van der Waals surface area contributed by atoms with E-state index in [0.29, 0.717) is 11.4 Å². The van der Waals surface area contributed by atoms with Crippen LogP contribution >= 0.6 is 0 Å². The van der Waals surface area contributed by atoms with Crippen LogP contribution in [0, 0.1) is 6.92 Å². The van der Waals surface area contributed by atoms with Crippen molar-refractivity contribution in [1.29, 1.82) is 0 Å². The first kappa shape index (κ1) is 18.4. The molecule has 0 fully saturated rings. The number of pyridine rings is 1. The van der Waals surface area contributed by atoms with Crippen LogP contribution in [-0.4, -0.2) is 10.9 Å². The number of halogens is 3. The Hall–Kier alpha value is -3.35. The first-order valence-corrected chi connectivity index (χ1v) is 8.10. The Morgan fingerprint density at radius 2 is 1.74 bits per heavy atom. The Balaban J connectivity index is 1.70. The van der Waals surface area contributed by atoms with Gasteiger partial charge in [-0.15, -0.1) is 0 Å². The number of aryl methyl sites for hydroxylation is 1. The van der Waals surface area contributed by atoms with Gasteiger partial charge >= 0.3 is 6.18 Å². The minimum Gasteiger partial charge on any atom is -0.354 e. The van der Waals surface area contributed by atoms with Gasteiger partial charge in [-0.05, 0) is 48.9 Å². The Labute approximate surface area is 154 Å². The number of hydrogen-bond donors (Lipinski definition) is 2. The first-order valence-electron chi connectivity index (χ1n) is 8.10. The number of anilines is 3. The SMILES string of the molecule is Cc1ccccc1NC(=O)c1ccc(Nc2cccc(C(F)(F)F)c2)cn1. The van der Waals surface area contributed by atoms with Gasteiger partial charge in [-0.25, -0.2) is 4.98 Å². The number of amides is 1. The molecule has 0 spiro atoms. The monoisotopic (exact) mass is 371 g/mol. The van der Waals surface area contributed by atoms with E-state index in [1.165, 1.54) is 24.4 Å². The second-order valence-corrected chi connectivity index (χ2v) is 5.90. The zero-order valence-electron chi connectivity index (χ0n) is 14.3. The quantitative estimate of drug-likeness (QED) is 0.645. The summed E-state index contributed by atoms with van der Waals surface area (Å²) in [7, 11) is 0. The maximum absolute atomic E-state index is 12.8. The molecule has 7 heteroatoms. The minimum absolute atomic E-state index is 0.202. The van der Waals surface area contributed by atoms with Crippen LogP contribution in [0.1, 0.15) is 21.6 Å². The third-order valence-electron chi connectivity index (χ3n) is 3.87. The summed E-state index contributed by atoms with van der Waals surface area (Å²) in [4.78, 5) is 16.3. The highest BCUT2D eigenvalue weighted by Crippen LogP contribution is 2.31. The van der Waals surface area contributed by atoms with Gasteiger partial charge in [0.25, 0.3) is 5.91 Å². The Bertz CT molecular complexity index is 953. The summed E-state index contributed by atoms with van der Waals surface area (Å²) in [6, 6.07) is 15.3. The normalized spacial score (nSPS) is 11.1. The molecule has 0 bridgehead atoms. The van der Waals surface area contributed by atoms with Crippen LogP contribution in [0.5, 0.6) is 0 Å². The standard InChI is InChI=1S/C20H16F3N3O/c1-13-5-2-3-8-17(13)26-19(27)18-10-9-16(12-24-18)25-15-7-4-6-14(11-15)20(21,22)23/h2-12,25H,1H3,(H,26,27). The van der Waals surface area contributed by atoms with Crippen molar-refractivity contribution in [3.63, 3.8) is 0 Å². The zero-order valence-corrected chi connectivity index (χ0v) is 14.3. The number of alkyl halides is 3. The number of nitrogens with zero attached hydrogens (tertiary/aromatic N) is 1. The lowest BCUT2D eigenvalue weighted by molar-refractivity contribution is -0.137. The summed E-state index contributed by atoms with van der Waals surface area (Å²) in [6.07, 6.45) is -3.01. The molecule has 0 saturated heterocycles. The summed E-state index contributed by atoms with van der Waals surface area (Å²) >= 11 is 0.